The van der Waals surface area contributed by atoms with E-state index < -0.39 is 0 Å². The second-order valence-electron chi connectivity index (χ2n) is 5.20. The zero-order valence-electron chi connectivity index (χ0n) is 13.3. The molecule has 0 unspecified atom stereocenters. The van der Waals surface area contributed by atoms with Gasteiger partial charge in [0, 0.05) is 25.0 Å². The van der Waals surface area contributed by atoms with Crippen LogP contribution in [0.3, 0.4) is 0 Å². The van der Waals surface area contributed by atoms with Crippen molar-refractivity contribution < 1.29 is 9.18 Å². The Morgan fingerprint density at radius 1 is 1.39 bits per heavy atom. The standard InChI is InChI=1S/C16H21FN4OS/c1-3-14(16-18-11-19-21(16)2)20-15(22)8-9-23-10-12-4-6-13(17)7-5-12/h4-7,11,14H,3,8-10H2,1-2H3,(H,20,22)/t14-/m1/s1. The third-order valence-corrected chi connectivity index (χ3v) is 4.49. The maximum absolute atomic E-state index is 12.8. The molecule has 2 rings (SSSR count). The Kier molecular flexibility index (Phi) is 6.58. The molecule has 0 aliphatic carbocycles. The smallest absolute Gasteiger partial charge is 0.221 e. The Morgan fingerprint density at radius 3 is 2.74 bits per heavy atom. The van der Waals surface area contributed by atoms with Crippen LogP contribution in [0.15, 0.2) is 30.6 Å². The molecular formula is C16H21FN4OS. The molecule has 7 heteroatoms. The van der Waals surface area contributed by atoms with Gasteiger partial charge in [0.2, 0.25) is 5.91 Å². The van der Waals surface area contributed by atoms with Crippen molar-refractivity contribution in [2.24, 2.45) is 7.05 Å². The summed E-state index contributed by atoms with van der Waals surface area (Å²) in [6, 6.07) is 6.33. The summed E-state index contributed by atoms with van der Waals surface area (Å²) < 4.78 is 14.5. The highest BCUT2D eigenvalue weighted by atomic mass is 32.2. The van der Waals surface area contributed by atoms with E-state index in [2.05, 4.69) is 15.4 Å². The number of carbonyl (C=O) groups is 1. The van der Waals surface area contributed by atoms with Crippen molar-refractivity contribution in [2.75, 3.05) is 5.75 Å². The van der Waals surface area contributed by atoms with Crippen LogP contribution in [-0.2, 0) is 17.6 Å². The lowest BCUT2D eigenvalue weighted by molar-refractivity contribution is -0.121. The summed E-state index contributed by atoms with van der Waals surface area (Å²) in [5, 5.41) is 7.02. The monoisotopic (exact) mass is 336 g/mol. The Hall–Kier alpha value is -1.89. The Morgan fingerprint density at radius 2 is 2.13 bits per heavy atom. The number of thioether (sulfide) groups is 1. The fraction of sp³-hybridized carbons (Fsp3) is 0.438. The van der Waals surface area contributed by atoms with Gasteiger partial charge in [0.05, 0.1) is 6.04 Å². The van der Waals surface area contributed by atoms with Crippen molar-refractivity contribution in [3.8, 4) is 0 Å². The van der Waals surface area contributed by atoms with Gasteiger partial charge in [-0.3, -0.25) is 9.48 Å². The van der Waals surface area contributed by atoms with Gasteiger partial charge >= 0.3 is 0 Å². The summed E-state index contributed by atoms with van der Waals surface area (Å²) in [5.41, 5.74) is 1.06. The van der Waals surface area contributed by atoms with Gasteiger partial charge in [-0.2, -0.15) is 16.9 Å². The molecule has 124 valence electrons. The van der Waals surface area contributed by atoms with Gasteiger partial charge in [-0.05, 0) is 24.1 Å². The van der Waals surface area contributed by atoms with Crippen molar-refractivity contribution in [1.82, 2.24) is 20.1 Å². The lowest BCUT2D eigenvalue weighted by atomic mass is 10.2. The van der Waals surface area contributed by atoms with Crippen LogP contribution in [0, 0.1) is 5.82 Å². The molecule has 0 bridgehead atoms. The van der Waals surface area contributed by atoms with Crippen LogP contribution in [-0.4, -0.2) is 26.4 Å². The molecule has 0 aliphatic rings. The molecule has 1 amide bonds. The zero-order chi connectivity index (χ0) is 16.7. The van der Waals surface area contributed by atoms with E-state index in [-0.39, 0.29) is 17.8 Å². The number of rotatable bonds is 8. The Labute approximate surface area is 139 Å². The predicted octanol–water partition coefficient (Wildman–Crippen LogP) is 2.85. The molecule has 1 aromatic heterocycles. The van der Waals surface area contributed by atoms with Crippen molar-refractivity contribution in [3.05, 3.63) is 47.8 Å². The van der Waals surface area contributed by atoms with Crippen LogP contribution in [0.25, 0.3) is 0 Å². The summed E-state index contributed by atoms with van der Waals surface area (Å²) in [5.74, 6) is 2.03. The van der Waals surface area contributed by atoms with E-state index in [0.717, 1.165) is 29.3 Å². The number of carbonyl (C=O) groups excluding carboxylic acids is 1. The average molecular weight is 336 g/mol. The molecule has 0 radical (unpaired) electrons. The molecule has 0 aliphatic heterocycles. The molecule has 1 heterocycles. The van der Waals surface area contributed by atoms with Gasteiger partial charge in [-0.1, -0.05) is 19.1 Å². The van der Waals surface area contributed by atoms with Gasteiger partial charge in [0.1, 0.15) is 18.0 Å². The molecule has 2 aromatic rings. The third kappa shape index (κ3) is 5.35. The molecule has 23 heavy (non-hydrogen) atoms. The first-order chi connectivity index (χ1) is 11.1. The maximum Gasteiger partial charge on any atom is 0.221 e. The fourth-order valence-corrected chi connectivity index (χ4v) is 3.07. The largest absolute Gasteiger partial charge is 0.346 e. The van der Waals surface area contributed by atoms with Crippen LogP contribution in [0.5, 0.6) is 0 Å². The normalized spacial score (nSPS) is 12.1. The second-order valence-corrected chi connectivity index (χ2v) is 6.30. The Bertz CT molecular complexity index is 629. The molecule has 0 saturated carbocycles. The van der Waals surface area contributed by atoms with E-state index in [1.165, 1.54) is 18.5 Å². The zero-order valence-corrected chi connectivity index (χ0v) is 14.1. The molecular weight excluding hydrogens is 315 g/mol. The second kappa shape index (κ2) is 8.67. The summed E-state index contributed by atoms with van der Waals surface area (Å²) in [7, 11) is 1.82. The van der Waals surface area contributed by atoms with Gasteiger partial charge in [0.25, 0.3) is 0 Å². The molecule has 1 aromatic carbocycles. The van der Waals surface area contributed by atoms with Crippen molar-refractivity contribution >= 4 is 17.7 Å². The minimum atomic E-state index is -0.229. The van der Waals surface area contributed by atoms with Crippen molar-refractivity contribution in [3.63, 3.8) is 0 Å². The van der Waals surface area contributed by atoms with E-state index in [1.807, 2.05) is 14.0 Å². The highest BCUT2D eigenvalue weighted by Crippen LogP contribution is 2.15. The maximum atomic E-state index is 12.8. The van der Waals surface area contributed by atoms with Crippen LogP contribution >= 0.6 is 11.8 Å². The average Bonchev–Trinajstić information content (AvgIpc) is 2.97. The Balaban J connectivity index is 1.72. The topological polar surface area (TPSA) is 59.8 Å². The summed E-state index contributed by atoms with van der Waals surface area (Å²) in [6.07, 6.45) is 2.70. The van der Waals surface area contributed by atoms with Gasteiger partial charge in [0.15, 0.2) is 0 Å². The third-order valence-electron chi connectivity index (χ3n) is 3.46. The number of nitrogens with zero attached hydrogens (tertiary/aromatic N) is 3. The van der Waals surface area contributed by atoms with Crippen LogP contribution < -0.4 is 5.32 Å². The quantitative estimate of drug-likeness (QED) is 0.753. The fourth-order valence-electron chi connectivity index (χ4n) is 2.17. The van der Waals surface area contributed by atoms with E-state index in [0.29, 0.717) is 6.42 Å². The minimum absolute atomic E-state index is 0.00598. The number of aryl methyl sites for hydroxylation is 1. The minimum Gasteiger partial charge on any atom is -0.346 e. The van der Waals surface area contributed by atoms with E-state index in [4.69, 9.17) is 0 Å². The number of benzene rings is 1. The summed E-state index contributed by atoms with van der Waals surface area (Å²) >= 11 is 1.66. The van der Waals surface area contributed by atoms with E-state index in [1.54, 1.807) is 28.6 Å². The van der Waals surface area contributed by atoms with Gasteiger partial charge < -0.3 is 5.32 Å². The van der Waals surface area contributed by atoms with E-state index >= 15 is 0 Å². The van der Waals surface area contributed by atoms with Crippen LogP contribution in [0.1, 0.15) is 37.2 Å². The highest BCUT2D eigenvalue weighted by Gasteiger charge is 2.16. The van der Waals surface area contributed by atoms with Crippen LogP contribution in [0.4, 0.5) is 4.39 Å². The number of hydrogen-bond acceptors (Lipinski definition) is 4. The lowest BCUT2D eigenvalue weighted by Gasteiger charge is -2.15. The number of hydrogen-bond donors (Lipinski definition) is 1. The summed E-state index contributed by atoms with van der Waals surface area (Å²) in [4.78, 5) is 16.2. The number of aromatic nitrogens is 3. The SMILES string of the molecule is CC[C@@H](NC(=O)CCSCc1ccc(F)cc1)c1ncnn1C. The predicted molar refractivity (Wildman–Crippen MR) is 89.4 cm³/mol. The molecule has 1 N–H and O–H groups in total. The number of halogens is 1. The van der Waals surface area contributed by atoms with Gasteiger partial charge in [-0.25, -0.2) is 9.37 Å². The molecule has 5 nitrogen and oxygen atoms in total. The molecule has 1 atom stereocenters. The molecule has 0 saturated heterocycles. The summed E-state index contributed by atoms with van der Waals surface area (Å²) in [6.45, 7) is 2.00. The van der Waals surface area contributed by atoms with Crippen molar-refractivity contribution in [1.29, 1.82) is 0 Å². The lowest BCUT2D eigenvalue weighted by Crippen LogP contribution is -2.30. The van der Waals surface area contributed by atoms with Crippen LogP contribution in [0.2, 0.25) is 0 Å². The molecule has 0 fully saturated rings. The van der Waals surface area contributed by atoms with Crippen molar-refractivity contribution in [2.45, 2.75) is 31.6 Å². The molecule has 0 spiro atoms. The number of amides is 1. The highest BCUT2D eigenvalue weighted by molar-refractivity contribution is 7.98. The van der Waals surface area contributed by atoms with Gasteiger partial charge in [-0.15, -0.1) is 0 Å². The van der Waals surface area contributed by atoms with E-state index in [9.17, 15) is 9.18 Å². The number of nitrogens with one attached hydrogen (secondary N) is 1. The first-order valence-corrected chi connectivity index (χ1v) is 8.71. The first kappa shape index (κ1) is 17.5. The first-order valence-electron chi connectivity index (χ1n) is 7.55.